The third-order valence-corrected chi connectivity index (χ3v) is 7.01. The van der Waals surface area contributed by atoms with Gasteiger partial charge in [-0.1, -0.05) is 39.0 Å². The molecular weight excluding hydrogens is 240 g/mol. The summed E-state index contributed by atoms with van der Waals surface area (Å²) in [7, 11) is 0. The van der Waals surface area contributed by atoms with Crippen molar-refractivity contribution in [2.75, 3.05) is 0 Å². The average Bonchev–Trinajstić information content (AvgIpc) is 2.65. The predicted molar refractivity (Wildman–Crippen MR) is 75.7 cm³/mol. The smallest absolute Gasteiger partial charge is 0.150 e. The van der Waals surface area contributed by atoms with Gasteiger partial charge in [0.15, 0.2) is 0 Å². The molecule has 3 atom stereocenters. The van der Waals surface area contributed by atoms with Gasteiger partial charge in [-0.3, -0.25) is 4.79 Å². The fourth-order valence-corrected chi connectivity index (χ4v) is 5.36. The van der Waals surface area contributed by atoms with Crippen LogP contribution in [0.1, 0.15) is 33.6 Å². The number of benzene rings is 1. The summed E-state index contributed by atoms with van der Waals surface area (Å²) >= 11 is 1.77. The molecule has 1 aromatic carbocycles. The Morgan fingerprint density at radius 2 is 1.83 bits per heavy atom. The Balaban J connectivity index is 1.93. The molecule has 0 aliphatic heterocycles. The normalized spacial score (nSPS) is 37.2. The summed E-state index contributed by atoms with van der Waals surface area (Å²) in [6, 6.07) is 10.3. The van der Waals surface area contributed by atoms with Crippen LogP contribution in [0.5, 0.6) is 0 Å². The van der Waals surface area contributed by atoms with Crippen LogP contribution in [0.15, 0.2) is 35.2 Å². The molecule has 0 unspecified atom stereocenters. The first-order valence-corrected chi connectivity index (χ1v) is 7.60. The Kier molecular flexibility index (Phi) is 2.64. The van der Waals surface area contributed by atoms with Crippen molar-refractivity contribution in [3.63, 3.8) is 0 Å². The highest BCUT2D eigenvalue weighted by Crippen LogP contribution is 2.67. The van der Waals surface area contributed by atoms with Crippen molar-refractivity contribution in [1.82, 2.24) is 0 Å². The maximum Gasteiger partial charge on any atom is 0.150 e. The first kappa shape index (κ1) is 12.3. The van der Waals surface area contributed by atoms with Gasteiger partial charge in [0.25, 0.3) is 0 Å². The lowest BCUT2D eigenvalue weighted by atomic mass is 9.71. The van der Waals surface area contributed by atoms with E-state index in [2.05, 4.69) is 32.9 Å². The zero-order chi connectivity index (χ0) is 13.0. The van der Waals surface area contributed by atoms with Crippen LogP contribution in [0.3, 0.4) is 0 Å². The molecule has 3 rings (SSSR count). The molecule has 1 nitrogen and oxygen atoms in total. The molecule has 0 N–H and O–H groups in total. The van der Waals surface area contributed by atoms with Crippen molar-refractivity contribution in [2.45, 2.75) is 43.8 Å². The van der Waals surface area contributed by atoms with E-state index in [4.69, 9.17) is 0 Å². The van der Waals surface area contributed by atoms with Gasteiger partial charge in [0.05, 0.1) is 5.25 Å². The van der Waals surface area contributed by atoms with E-state index < -0.39 is 0 Å². The Hall–Kier alpha value is -0.760. The van der Waals surface area contributed by atoms with Crippen LogP contribution in [0.2, 0.25) is 0 Å². The number of thioether (sulfide) groups is 1. The summed E-state index contributed by atoms with van der Waals surface area (Å²) in [6.45, 7) is 6.89. The van der Waals surface area contributed by atoms with Gasteiger partial charge in [-0.15, -0.1) is 11.8 Å². The monoisotopic (exact) mass is 260 g/mol. The molecule has 2 fully saturated rings. The minimum atomic E-state index is 0.147. The number of carbonyl (C=O) groups excluding carboxylic acids is 1. The largest absolute Gasteiger partial charge is 0.298 e. The van der Waals surface area contributed by atoms with Crippen LogP contribution >= 0.6 is 11.8 Å². The number of hydrogen-bond donors (Lipinski definition) is 0. The Morgan fingerprint density at radius 3 is 2.39 bits per heavy atom. The van der Waals surface area contributed by atoms with E-state index in [1.165, 1.54) is 11.3 Å². The van der Waals surface area contributed by atoms with E-state index >= 15 is 0 Å². The van der Waals surface area contributed by atoms with Crippen molar-refractivity contribution in [3.05, 3.63) is 30.3 Å². The lowest BCUT2D eigenvalue weighted by molar-refractivity contribution is -0.122. The highest BCUT2D eigenvalue weighted by molar-refractivity contribution is 8.00. The summed E-state index contributed by atoms with van der Waals surface area (Å²) in [5.74, 6) is 0.770. The van der Waals surface area contributed by atoms with Gasteiger partial charge in [0, 0.05) is 10.8 Å². The Labute approximate surface area is 113 Å². The van der Waals surface area contributed by atoms with Crippen LogP contribution in [0.25, 0.3) is 0 Å². The van der Waals surface area contributed by atoms with Crippen LogP contribution in [0.4, 0.5) is 0 Å². The second-order valence-electron chi connectivity index (χ2n) is 6.44. The van der Waals surface area contributed by atoms with Gasteiger partial charge < -0.3 is 0 Å². The molecular formula is C16H20OS. The summed E-state index contributed by atoms with van der Waals surface area (Å²) in [5, 5.41) is 0.147. The maximum atomic E-state index is 12.6. The lowest BCUT2D eigenvalue weighted by Gasteiger charge is -2.37. The molecule has 0 radical (unpaired) electrons. The van der Waals surface area contributed by atoms with Gasteiger partial charge >= 0.3 is 0 Å². The minimum Gasteiger partial charge on any atom is -0.298 e. The molecule has 1 aromatic rings. The second-order valence-corrected chi connectivity index (χ2v) is 7.62. The Morgan fingerprint density at radius 1 is 1.17 bits per heavy atom. The van der Waals surface area contributed by atoms with Crippen molar-refractivity contribution in [3.8, 4) is 0 Å². The topological polar surface area (TPSA) is 17.1 Å². The summed E-state index contributed by atoms with van der Waals surface area (Å²) < 4.78 is 0. The van der Waals surface area contributed by atoms with Crippen LogP contribution in [0, 0.1) is 16.7 Å². The first-order valence-electron chi connectivity index (χ1n) is 6.72. The lowest BCUT2D eigenvalue weighted by Crippen LogP contribution is -2.35. The molecule has 2 aliphatic carbocycles. The van der Waals surface area contributed by atoms with Gasteiger partial charge in [0.1, 0.15) is 5.78 Å². The molecule has 96 valence electrons. The van der Waals surface area contributed by atoms with E-state index in [9.17, 15) is 4.79 Å². The van der Waals surface area contributed by atoms with Gasteiger partial charge in [0.2, 0.25) is 0 Å². The molecule has 0 saturated heterocycles. The van der Waals surface area contributed by atoms with E-state index in [1.807, 2.05) is 18.2 Å². The number of rotatable bonds is 2. The zero-order valence-electron chi connectivity index (χ0n) is 11.3. The summed E-state index contributed by atoms with van der Waals surface area (Å²) in [5.41, 5.74) is 0.325. The molecule has 2 aliphatic rings. The highest BCUT2D eigenvalue weighted by Gasteiger charge is 2.66. The van der Waals surface area contributed by atoms with Gasteiger partial charge in [-0.05, 0) is 35.8 Å². The van der Waals surface area contributed by atoms with E-state index in [1.54, 1.807) is 11.8 Å². The molecule has 0 aromatic heterocycles. The van der Waals surface area contributed by atoms with Gasteiger partial charge in [-0.25, -0.2) is 0 Å². The molecule has 2 heteroatoms. The van der Waals surface area contributed by atoms with Crippen LogP contribution in [-0.2, 0) is 4.79 Å². The van der Waals surface area contributed by atoms with E-state index in [-0.39, 0.29) is 22.0 Å². The number of carbonyl (C=O) groups is 1. The number of ketones is 1. The number of fused-ring (bicyclic) bond motifs is 2. The summed E-state index contributed by atoms with van der Waals surface area (Å²) in [6.07, 6.45) is 2.29. The van der Waals surface area contributed by atoms with Crippen LogP contribution in [-0.4, -0.2) is 11.0 Å². The molecule has 0 heterocycles. The molecule has 18 heavy (non-hydrogen) atoms. The quantitative estimate of drug-likeness (QED) is 0.793. The first-order chi connectivity index (χ1) is 8.47. The average molecular weight is 260 g/mol. The van der Waals surface area contributed by atoms with Crippen LogP contribution < -0.4 is 0 Å². The highest BCUT2D eigenvalue weighted by atomic mass is 32.2. The standard InChI is InChI=1S/C16H20OS/c1-15(2)12-9-10-16(15,3)14(13(12)17)18-11-7-5-4-6-8-11/h4-8,12,14H,9-10H2,1-3H3/t12-,14-,16-/m1/s1. The van der Waals surface area contributed by atoms with Gasteiger partial charge in [-0.2, -0.15) is 0 Å². The molecule has 2 bridgehead atoms. The van der Waals surface area contributed by atoms with E-state index in [0.29, 0.717) is 5.78 Å². The molecule has 2 saturated carbocycles. The van der Waals surface area contributed by atoms with Crippen molar-refractivity contribution >= 4 is 17.5 Å². The van der Waals surface area contributed by atoms with Crippen molar-refractivity contribution in [1.29, 1.82) is 0 Å². The zero-order valence-corrected chi connectivity index (χ0v) is 12.1. The molecule has 0 amide bonds. The second kappa shape index (κ2) is 3.86. The SMILES string of the molecule is CC1(C)[C@@H]2CC[C@]1(C)[C@H](Sc1ccccc1)C2=O. The third kappa shape index (κ3) is 1.45. The molecule has 0 spiro atoms. The number of Topliss-reactive ketones (excluding diaryl/α,β-unsaturated/α-hetero) is 1. The fraction of sp³-hybridized carbons (Fsp3) is 0.562. The third-order valence-electron chi connectivity index (χ3n) is 5.47. The van der Waals surface area contributed by atoms with Crippen molar-refractivity contribution in [2.24, 2.45) is 16.7 Å². The number of hydrogen-bond acceptors (Lipinski definition) is 2. The maximum absolute atomic E-state index is 12.6. The summed E-state index contributed by atoms with van der Waals surface area (Å²) in [4.78, 5) is 13.8. The fourth-order valence-electron chi connectivity index (χ4n) is 3.81. The predicted octanol–water partition coefficient (Wildman–Crippen LogP) is 4.17. The van der Waals surface area contributed by atoms with Crippen molar-refractivity contribution < 1.29 is 4.79 Å². The minimum absolute atomic E-state index is 0.147. The van der Waals surface area contributed by atoms with E-state index in [0.717, 1.165) is 6.42 Å². The Bertz CT molecular complexity index is 479.